The third-order valence-corrected chi connectivity index (χ3v) is 3.05. The summed E-state index contributed by atoms with van der Waals surface area (Å²) in [6.45, 7) is 1.40. The molecular weight excluding hydrogens is 192 g/mol. The van der Waals surface area contributed by atoms with Gasteiger partial charge in [0.2, 0.25) is 0 Å². The zero-order chi connectivity index (χ0) is 9.10. The van der Waals surface area contributed by atoms with Gasteiger partial charge >= 0.3 is 5.97 Å². The van der Waals surface area contributed by atoms with Gasteiger partial charge in [-0.05, 0) is 0 Å². The molecule has 0 bridgehead atoms. The maximum Gasteiger partial charge on any atom is 0.311 e. The Kier molecular flexibility index (Phi) is 3.08. The lowest BCUT2D eigenvalue weighted by Crippen LogP contribution is -2.30. The molecule has 0 aromatic heterocycles. The lowest BCUT2D eigenvalue weighted by Gasteiger charge is -2.24. The second kappa shape index (κ2) is 4.30. The highest BCUT2D eigenvalue weighted by molar-refractivity contribution is 7.99. The summed E-state index contributed by atoms with van der Waals surface area (Å²) < 4.78 is 15.4. The van der Waals surface area contributed by atoms with E-state index in [1.807, 2.05) is 0 Å². The number of carbonyl (C=O) groups is 1. The smallest absolute Gasteiger partial charge is 0.311 e. The van der Waals surface area contributed by atoms with E-state index in [0.717, 1.165) is 12.2 Å². The Morgan fingerprint density at radius 1 is 1.38 bits per heavy atom. The largest absolute Gasteiger partial charge is 0.451 e. The van der Waals surface area contributed by atoms with Crippen LogP contribution in [0, 0.1) is 0 Å². The second-order valence-electron chi connectivity index (χ2n) is 2.95. The summed E-state index contributed by atoms with van der Waals surface area (Å²) in [5.74, 6) is 0.827. The minimum atomic E-state index is -0.0918. The van der Waals surface area contributed by atoms with Crippen LogP contribution in [-0.2, 0) is 19.0 Å². The minimum absolute atomic E-state index is 0.0386. The molecule has 13 heavy (non-hydrogen) atoms. The number of rotatable bonds is 4. The molecule has 0 spiro atoms. The first-order valence-corrected chi connectivity index (χ1v) is 5.44. The SMILES string of the molecule is O=C1CC(SCCC2OCCO2)O1. The molecule has 1 atom stereocenters. The molecular formula is C8H12O4S. The van der Waals surface area contributed by atoms with E-state index in [2.05, 4.69) is 0 Å². The van der Waals surface area contributed by atoms with Crippen LogP contribution in [0.2, 0.25) is 0 Å². The van der Waals surface area contributed by atoms with Crippen LogP contribution in [0.1, 0.15) is 12.8 Å². The molecule has 0 N–H and O–H groups in total. The Balaban J connectivity index is 1.51. The Labute approximate surface area is 80.9 Å². The van der Waals surface area contributed by atoms with Gasteiger partial charge in [0.05, 0.1) is 19.6 Å². The molecule has 1 unspecified atom stereocenters. The molecule has 74 valence electrons. The fourth-order valence-corrected chi connectivity index (χ4v) is 2.26. The van der Waals surface area contributed by atoms with Gasteiger partial charge in [0.15, 0.2) is 11.7 Å². The first kappa shape index (κ1) is 9.30. The number of esters is 1. The van der Waals surface area contributed by atoms with E-state index in [0.29, 0.717) is 19.6 Å². The molecule has 0 amide bonds. The Morgan fingerprint density at radius 3 is 2.69 bits per heavy atom. The Morgan fingerprint density at radius 2 is 2.08 bits per heavy atom. The molecule has 2 rings (SSSR count). The summed E-state index contributed by atoms with van der Waals surface area (Å²) in [7, 11) is 0. The summed E-state index contributed by atoms with van der Waals surface area (Å²) >= 11 is 1.65. The van der Waals surface area contributed by atoms with Crippen molar-refractivity contribution in [2.45, 2.75) is 24.6 Å². The summed E-state index contributed by atoms with van der Waals surface area (Å²) in [4.78, 5) is 10.4. The monoisotopic (exact) mass is 204 g/mol. The van der Waals surface area contributed by atoms with E-state index in [-0.39, 0.29) is 17.7 Å². The third kappa shape index (κ3) is 2.59. The molecule has 2 heterocycles. The van der Waals surface area contributed by atoms with Gasteiger partial charge in [0.25, 0.3) is 0 Å². The molecule has 0 radical (unpaired) electrons. The molecule has 0 saturated carbocycles. The predicted molar refractivity (Wildman–Crippen MR) is 47.3 cm³/mol. The van der Waals surface area contributed by atoms with Crippen molar-refractivity contribution in [3.8, 4) is 0 Å². The highest BCUT2D eigenvalue weighted by Crippen LogP contribution is 2.26. The summed E-state index contributed by atoms with van der Waals surface area (Å²) in [6.07, 6.45) is 1.39. The summed E-state index contributed by atoms with van der Waals surface area (Å²) in [6, 6.07) is 0. The van der Waals surface area contributed by atoms with Gasteiger partial charge in [-0.25, -0.2) is 0 Å². The maximum atomic E-state index is 10.4. The molecule has 2 aliphatic heterocycles. The molecule has 4 nitrogen and oxygen atoms in total. The van der Waals surface area contributed by atoms with Crippen LogP contribution in [0.4, 0.5) is 0 Å². The molecule has 0 aliphatic carbocycles. The topological polar surface area (TPSA) is 44.8 Å². The van der Waals surface area contributed by atoms with E-state index < -0.39 is 0 Å². The standard InChI is InChI=1S/C8H12O4S/c9-6-5-8(12-6)13-4-1-7-10-2-3-11-7/h7-8H,1-5H2. The van der Waals surface area contributed by atoms with Crippen molar-refractivity contribution < 1.29 is 19.0 Å². The molecule has 2 aliphatic rings. The van der Waals surface area contributed by atoms with Crippen LogP contribution in [-0.4, -0.2) is 36.7 Å². The fraction of sp³-hybridized carbons (Fsp3) is 0.875. The van der Waals surface area contributed by atoms with Crippen molar-refractivity contribution in [1.82, 2.24) is 0 Å². The van der Waals surface area contributed by atoms with Gasteiger partial charge in [-0.3, -0.25) is 4.79 Å². The van der Waals surface area contributed by atoms with Crippen molar-refractivity contribution in [3.05, 3.63) is 0 Å². The number of carbonyl (C=O) groups excluding carboxylic acids is 1. The Hall–Kier alpha value is -0.260. The van der Waals surface area contributed by atoms with E-state index in [4.69, 9.17) is 14.2 Å². The van der Waals surface area contributed by atoms with Crippen molar-refractivity contribution >= 4 is 17.7 Å². The average molecular weight is 204 g/mol. The molecule has 2 saturated heterocycles. The first-order valence-electron chi connectivity index (χ1n) is 4.39. The average Bonchev–Trinajstić information content (AvgIpc) is 2.53. The van der Waals surface area contributed by atoms with Gasteiger partial charge in [-0.15, -0.1) is 11.8 Å². The lowest BCUT2D eigenvalue weighted by molar-refractivity contribution is -0.160. The van der Waals surface area contributed by atoms with Crippen LogP contribution in [0.5, 0.6) is 0 Å². The van der Waals surface area contributed by atoms with E-state index in [9.17, 15) is 4.79 Å². The fourth-order valence-electron chi connectivity index (χ4n) is 1.24. The van der Waals surface area contributed by atoms with E-state index in [1.165, 1.54) is 0 Å². The van der Waals surface area contributed by atoms with Crippen molar-refractivity contribution in [1.29, 1.82) is 0 Å². The Bertz CT molecular complexity index is 183. The molecule has 0 aromatic carbocycles. The lowest BCUT2D eigenvalue weighted by atomic mass is 10.4. The van der Waals surface area contributed by atoms with E-state index in [1.54, 1.807) is 11.8 Å². The number of hydrogen-bond donors (Lipinski definition) is 0. The predicted octanol–water partition coefficient (Wildman–Crippen LogP) is 0.756. The van der Waals surface area contributed by atoms with Crippen LogP contribution >= 0.6 is 11.8 Å². The molecule has 0 aromatic rings. The van der Waals surface area contributed by atoms with Gasteiger partial charge in [-0.2, -0.15) is 0 Å². The zero-order valence-electron chi connectivity index (χ0n) is 7.23. The second-order valence-corrected chi connectivity index (χ2v) is 4.22. The van der Waals surface area contributed by atoms with Gasteiger partial charge in [0.1, 0.15) is 0 Å². The van der Waals surface area contributed by atoms with Gasteiger partial charge in [-0.1, -0.05) is 0 Å². The van der Waals surface area contributed by atoms with Gasteiger partial charge < -0.3 is 14.2 Å². The quantitative estimate of drug-likeness (QED) is 0.632. The third-order valence-electron chi connectivity index (χ3n) is 1.94. The number of ether oxygens (including phenoxy) is 3. The molecule has 2 fully saturated rings. The summed E-state index contributed by atoms with van der Waals surface area (Å²) in [5, 5.41) is 0. The minimum Gasteiger partial charge on any atom is -0.451 e. The number of cyclic esters (lactones) is 1. The van der Waals surface area contributed by atoms with Crippen LogP contribution in [0.25, 0.3) is 0 Å². The summed E-state index contributed by atoms with van der Waals surface area (Å²) in [5.41, 5.74) is 0.0777. The zero-order valence-corrected chi connectivity index (χ0v) is 8.05. The van der Waals surface area contributed by atoms with Crippen LogP contribution in [0.3, 0.4) is 0 Å². The van der Waals surface area contributed by atoms with Crippen LogP contribution < -0.4 is 0 Å². The highest BCUT2D eigenvalue weighted by Gasteiger charge is 2.28. The van der Waals surface area contributed by atoms with E-state index >= 15 is 0 Å². The normalized spacial score (nSPS) is 28.6. The van der Waals surface area contributed by atoms with Gasteiger partial charge in [0, 0.05) is 12.2 Å². The number of hydrogen-bond acceptors (Lipinski definition) is 5. The van der Waals surface area contributed by atoms with Crippen molar-refractivity contribution in [2.24, 2.45) is 0 Å². The first-order chi connectivity index (χ1) is 6.34. The molecule has 5 heteroatoms. The van der Waals surface area contributed by atoms with Crippen molar-refractivity contribution in [2.75, 3.05) is 19.0 Å². The van der Waals surface area contributed by atoms with Crippen molar-refractivity contribution in [3.63, 3.8) is 0 Å². The number of thioether (sulfide) groups is 1. The maximum absolute atomic E-state index is 10.4. The van der Waals surface area contributed by atoms with Crippen LogP contribution in [0.15, 0.2) is 0 Å². The highest BCUT2D eigenvalue weighted by atomic mass is 32.2.